The summed E-state index contributed by atoms with van der Waals surface area (Å²) >= 11 is 0. The summed E-state index contributed by atoms with van der Waals surface area (Å²) in [6.45, 7) is 2.05. The Bertz CT molecular complexity index is 857. The molecule has 0 atom stereocenters. The van der Waals surface area contributed by atoms with Crippen LogP contribution >= 0.6 is 0 Å². The summed E-state index contributed by atoms with van der Waals surface area (Å²) in [6, 6.07) is 13.3. The molecule has 0 fully saturated rings. The van der Waals surface area contributed by atoms with Gasteiger partial charge in [-0.1, -0.05) is 49.7 Å². The van der Waals surface area contributed by atoms with Gasteiger partial charge < -0.3 is 0 Å². The van der Waals surface area contributed by atoms with Gasteiger partial charge in [-0.3, -0.25) is 0 Å². The normalized spacial score (nSPS) is 10.8. The lowest BCUT2D eigenvalue weighted by Gasteiger charge is -2.08. The predicted molar refractivity (Wildman–Crippen MR) is 89.0 cm³/mol. The zero-order valence-electron chi connectivity index (χ0n) is 13.2. The Hall–Kier alpha value is -2.62. The van der Waals surface area contributed by atoms with Crippen LogP contribution in [0.25, 0.3) is 22.3 Å². The molecule has 3 rings (SSSR count). The van der Waals surface area contributed by atoms with Crippen LogP contribution in [-0.4, -0.2) is 4.98 Å². The molecule has 24 heavy (non-hydrogen) atoms. The summed E-state index contributed by atoms with van der Waals surface area (Å²) in [5, 5.41) is 0. The molecule has 0 radical (unpaired) electrons. The molecule has 1 aromatic heterocycles. The van der Waals surface area contributed by atoms with Gasteiger partial charge in [0.25, 0.3) is 0 Å². The van der Waals surface area contributed by atoms with E-state index in [1.165, 1.54) is 6.20 Å². The average molecular weight is 327 g/mol. The third kappa shape index (κ3) is 3.32. The van der Waals surface area contributed by atoms with Crippen LogP contribution in [0.4, 0.5) is 13.2 Å². The number of halogens is 3. The van der Waals surface area contributed by atoms with E-state index in [9.17, 15) is 13.2 Å². The van der Waals surface area contributed by atoms with E-state index >= 15 is 0 Å². The number of hydrogen-bond acceptors (Lipinski definition) is 1. The molecule has 1 heterocycles. The SMILES string of the molecule is CCCc1ccc(-c2ccc(-c3cnc(F)c(F)c3)cc2)c(F)c1. The zero-order valence-corrected chi connectivity index (χ0v) is 13.2. The van der Waals surface area contributed by atoms with Crippen LogP contribution in [0.5, 0.6) is 0 Å². The summed E-state index contributed by atoms with van der Waals surface area (Å²) < 4.78 is 40.5. The zero-order chi connectivity index (χ0) is 17.1. The van der Waals surface area contributed by atoms with Crippen LogP contribution in [0, 0.1) is 17.6 Å². The summed E-state index contributed by atoms with van der Waals surface area (Å²) in [7, 11) is 0. The highest BCUT2D eigenvalue weighted by Crippen LogP contribution is 2.27. The minimum Gasteiger partial charge on any atom is -0.225 e. The van der Waals surface area contributed by atoms with E-state index in [4.69, 9.17) is 0 Å². The van der Waals surface area contributed by atoms with Crippen LogP contribution in [0.2, 0.25) is 0 Å². The molecule has 0 amide bonds. The summed E-state index contributed by atoms with van der Waals surface area (Å²) in [5.41, 5.74) is 3.38. The Labute approximate surface area is 138 Å². The first kappa shape index (κ1) is 16.2. The molecule has 0 saturated carbocycles. The topological polar surface area (TPSA) is 12.9 Å². The maximum Gasteiger partial charge on any atom is 0.248 e. The molecule has 0 unspecified atom stereocenters. The van der Waals surface area contributed by atoms with Gasteiger partial charge in [0.1, 0.15) is 5.82 Å². The van der Waals surface area contributed by atoms with Crippen molar-refractivity contribution in [3.63, 3.8) is 0 Å². The van der Waals surface area contributed by atoms with Gasteiger partial charge in [0, 0.05) is 17.3 Å². The lowest BCUT2D eigenvalue weighted by molar-refractivity contribution is 0.480. The molecular weight excluding hydrogens is 311 g/mol. The molecule has 2 aromatic carbocycles. The number of nitrogens with zero attached hydrogens (tertiary/aromatic N) is 1. The van der Waals surface area contributed by atoms with Crippen molar-refractivity contribution in [2.24, 2.45) is 0 Å². The molecule has 3 aromatic rings. The van der Waals surface area contributed by atoms with Crippen molar-refractivity contribution in [1.82, 2.24) is 4.98 Å². The first-order valence-corrected chi connectivity index (χ1v) is 7.78. The van der Waals surface area contributed by atoms with E-state index < -0.39 is 11.8 Å². The molecule has 0 aliphatic carbocycles. The minimum atomic E-state index is -1.12. The van der Waals surface area contributed by atoms with Crippen molar-refractivity contribution in [3.05, 3.63) is 77.9 Å². The Kier molecular flexibility index (Phi) is 4.65. The monoisotopic (exact) mass is 327 g/mol. The fourth-order valence-corrected chi connectivity index (χ4v) is 2.66. The maximum atomic E-state index is 14.3. The molecule has 122 valence electrons. The number of aromatic nitrogens is 1. The molecular formula is C20H16F3N. The van der Waals surface area contributed by atoms with E-state index in [1.807, 2.05) is 6.07 Å². The number of hydrogen-bond donors (Lipinski definition) is 0. The van der Waals surface area contributed by atoms with E-state index in [2.05, 4.69) is 11.9 Å². The van der Waals surface area contributed by atoms with E-state index in [0.717, 1.165) is 30.0 Å². The summed E-state index contributed by atoms with van der Waals surface area (Å²) in [4.78, 5) is 3.38. The van der Waals surface area contributed by atoms with Gasteiger partial charge in [-0.2, -0.15) is 4.39 Å². The highest BCUT2D eigenvalue weighted by Gasteiger charge is 2.09. The molecule has 0 bridgehead atoms. The highest BCUT2D eigenvalue weighted by molar-refractivity contribution is 5.70. The molecule has 0 saturated heterocycles. The van der Waals surface area contributed by atoms with Gasteiger partial charge in [0.15, 0.2) is 5.82 Å². The Morgan fingerprint density at radius 2 is 1.50 bits per heavy atom. The first-order chi connectivity index (χ1) is 11.6. The predicted octanol–water partition coefficient (Wildman–Crippen LogP) is 5.79. The standard InChI is InChI=1S/C20H16F3N/c1-2-3-13-4-9-17(18(21)10-13)15-7-5-14(6-8-15)16-11-19(22)20(23)24-12-16/h4-12H,2-3H2,1H3. The number of aryl methyl sites for hydroxylation is 1. The van der Waals surface area contributed by atoms with Crippen molar-refractivity contribution in [2.45, 2.75) is 19.8 Å². The Morgan fingerprint density at radius 3 is 2.12 bits per heavy atom. The third-order valence-electron chi connectivity index (χ3n) is 3.90. The third-order valence-corrected chi connectivity index (χ3v) is 3.90. The van der Waals surface area contributed by atoms with Gasteiger partial charge in [-0.05, 0) is 35.2 Å². The van der Waals surface area contributed by atoms with Gasteiger partial charge in [0.05, 0.1) is 0 Å². The van der Waals surface area contributed by atoms with E-state index in [-0.39, 0.29) is 5.82 Å². The second kappa shape index (κ2) is 6.87. The molecule has 0 aliphatic heterocycles. The molecule has 0 spiro atoms. The highest BCUT2D eigenvalue weighted by atomic mass is 19.2. The molecule has 4 heteroatoms. The van der Waals surface area contributed by atoms with Crippen LogP contribution < -0.4 is 0 Å². The van der Waals surface area contributed by atoms with Crippen LogP contribution in [0.15, 0.2) is 54.7 Å². The van der Waals surface area contributed by atoms with Crippen LogP contribution in [0.1, 0.15) is 18.9 Å². The smallest absolute Gasteiger partial charge is 0.225 e. The quantitative estimate of drug-likeness (QED) is 0.553. The van der Waals surface area contributed by atoms with Crippen molar-refractivity contribution < 1.29 is 13.2 Å². The van der Waals surface area contributed by atoms with Gasteiger partial charge >= 0.3 is 0 Å². The second-order valence-corrected chi connectivity index (χ2v) is 5.64. The fourth-order valence-electron chi connectivity index (χ4n) is 2.66. The number of benzene rings is 2. The Balaban J connectivity index is 1.90. The van der Waals surface area contributed by atoms with E-state index in [0.29, 0.717) is 16.7 Å². The average Bonchev–Trinajstić information content (AvgIpc) is 2.58. The van der Waals surface area contributed by atoms with E-state index in [1.54, 1.807) is 36.4 Å². The lowest BCUT2D eigenvalue weighted by atomic mass is 9.99. The van der Waals surface area contributed by atoms with Gasteiger partial charge in [-0.25, -0.2) is 13.8 Å². The van der Waals surface area contributed by atoms with Crippen molar-refractivity contribution >= 4 is 0 Å². The largest absolute Gasteiger partial charge is 0.248 e. The molecule has 0 aliphatic rings. The Morgan fingerprint density at radius 1 is 0.792 bits per heavy atom. The molecule has 0 N–H and O–H groups in total. The lowest BCUT2D eigenvalue weighted by Crippen LogP contribution is -1.91. The van der Waals surface area contributed by atoms with Crippen molar-refractivity contribution in [1.29, 1.82) is 0 Å². The second-order valence-electron chi connectivity index (χ2n) is 5.64. The minimum absolute atomic E-state index is 0.261. The van der Waals surface area contributed by atoms with Gasteiger partial charge in [0.2, 0.25) is 5.95 Å². The van der Waals surface area contributed by atoms with Crippen molar-refractivity contribution in [3.8, 4) is 22.3 Å². The summed E-state index contributed by atoms with van der Waals surface area (Å²) in [6.07, 6.45) is 3.09. The van der Waals surface area contributed by atoms with Crippen LogP contribution in [0.3, 0.4) is 0 Å². The van der Waals surface area contributed by atoms with Crippen molar-refractivity contribution in [2.75, 3.05) is 0 Å². The summed E-state index contributed by atoms with van der Waals surface area (Å²) in [5.74, 6) is -2.37. The number of rotatable bonds is 4. The van der Waals surface area contributed by atoms with Crippen LogP contribution in [-0.2, 0) is 6.42 Å². The number of pyridine rings is 1. The first-order valence-electron chi connectivity index (χ1n) is 7.78. The van der Waals surface area contributed by atoms with Gasteiger partial charge in [-0.15, -0.1) is 0 Å². The maximum absolute atomic E-state index is 14.3. The fraction of sp³-hybridized carbons (Fsp3) is 0.150. The molecule has 1 nitrogen and oxygen atoms in total.